The first-order chi connectivity index (χ1) is 29.1. The van der Waals surface area contributed by atoms with Crippen molar-refractivity contribution in [2.24, 2.45) is 0 Å². The molecule has 0 saturated carbocycles. The summed E-state index contributed by atoms with van der Waals surface area (Å²) < 4.78 is 108. The van der Waals surface area contributed by atoms with E-state index >= 15 is 0 Å². The molecule has 2 N–H and O–H groups in total. The van der Waals surface area contributed by atoms with Crippen LogP contribution in [0, 0.1) is 11.6 Å². The molecule has 0 aliphatic carbocycles. The maximum absolute atomic E-state index is 13.9. The number of amides is 2. The number of likely N-dealkylation sites (N-methyl/N-ethyl adjacent to an activating group) is 1. The van der Waals surface area contributed by atoms with Crippen LogP contribution in [0.1, 0.15) is 124 Å². The van der Waals surface area contributed by atoms with Crippen molar-refractivity contribution in [1.29, 1.82) is 0 Å². The van der Waals surface area contributed by atoms with Crippen molar-refractivity contribution in [3.63, 3.8) is 0 Å². The topological polar surface area (TPSA) is 104 Å². The van der Waals surface area contributed by atoms with E-state index in [9.17, 15) is 44.7 Å². The molecule has 0 atom stereocenters. The molecule has 8 rings (SSSR count). The summed E-state index contributed by atoms with van der Waals surface area (Å²) in [4.78, 5) is 34.0. The second-order valence-corrected chi connectivity index (χ2v) is 16.2. The fraction of sp³-hybridized carbons (Fsp3) is 0.535. The fourth-order valence-corrected chi connectivity index (χ4v) is 9.28. The smallest absolute Gasteiger partial charge is 0.337 e. The third kappa shape index (κ3) is 9.49. The lowest BCUT2D eigenvalue weighted by Crippen LogP contribution is -2.39. The van der Waals surface area contributed by atoms with Crippen LogP contribution in [0.15, 0.2) is 36.4 Å². The molecule has 0 bridgehead atoms. The van der Waals surface area contributed by atoms with Crippen LogP contribution in [0.4, 0.5) is 35.1 Å². The Balaban J connectivity index is 0.000000184. The molecule has 0 spiro atoms. The van der Waals surface area contributed by atoms with E-state index in [1.54, 1.807) is 9.80 Å². The zero-order valence-corrected chi connectivity index (χ0v) is 34.2. The number of likely N-dealkylation sites (tertiary alicyclic amines) is 2. The van der Waals surface area contributed by atoms with Gasteiger partial charge in [-0.3, -0.25) is 29.6 Å². The SMILES string of the molecule is CCCN1CCc2[nH]nc(C(=O)N3CCC(c4cccc(F)c4C(F)(F)F)CC3)c2C1.CCN1CCc2[nH]nc(C(=O)N3CCC(c4cccc(F)c4C(F)(F)F)CC3)c2C1. The Labute approximate surface area is 348 Å². The van der Waals surface area contributed by atoms with Gasteiger partial charge in [0.2, 0.25) is 0 Å². The van der Waals surface area contributed by atoms with Crippen molar-refractivity contribution in [3.8, 4) is 0 Å². The van der Waals surface area contributed by atoms with Gasteiger partial charge in [-0.1, -0.05) is 38.1 Å². The standard InChI is InChI=1S/C22H26F4N4O.C21H24F4N4O/c1-2-9-29-10-8-18-16(13-29)20(28-27-18)21(31)30-11-6-14(7-12-30)15-4-3-5-17(23)19(15)22(24,25)26;1-2-28-9-8-17-15(12-28)19(27-26-17)20(30)29-10-6-13(7-11-29)14-4-3-5-16(22)18(14)21(23,24)25/h3-5,14H,2,6-13H2,1H3,(H,27,28);3-5,13H,2,6-12H2,1H3,(H,26,27). The summed E-state index contributed by atoms with van der Waals surface area (Å²) in [5.74, 6) is -3.76. The van der Waals surface area contributed by atoms with E-state index in [4.69, 9.17) is 0 Å². The van der Waals surface area contributed by atoms with Gasteiger partial charge in [0.1, 0.15) is 11.6 Å². The van der Waals surface area contributed by atoms with Crippen molar-refractivity contribution in [2.45, 2.75) is 96.1 Å². The molecule has 4 aromatic rings. The van der Waals surface area contributed by atoms with E-state index in [1.807, 2.05) is 0 Å². The van der Waals surface area contributed by atoms with E-state index < -0.39 is 46.9 Å². The molecule has 10 nitrogen and oxygen atoms in total. The van der Waals surface area contributed by atoms with Crippen LogP contribution in [0.25, 0.3) is 0 Å². The zero-order chi connectivity index (χ0) is 43.6. The molecule has 2 fully saturated rings. The van der Waals surface area contributed by atoms with E-state index in [1.165, 1.54) is 24.3 Å². The normalized spacial score (nSPS) is 18.4. The molecule has 2 aromatic heterocycles. The molecule has 18 heteroatoms. The Bertz CT molecular complexity index is 2180. The molecule has 330 valence electrons. The largest absolute Gasteiger partial charge is 0.419 e. The number of alkyl halides is 6. The van der Waals surface area contributed by atoms with Crippen molar-refractivity contribution >= 4 is 11.8 Å². The highest BCUT2D eigenvalue weighted by atomic mass is 19.4. The number of hydrogen-bond acceptors (Lipinski definition) is 6. The molecule has 2 aromatic carbocycles. The zero-order valence-electron chi connectivity index (χ0n) is 34.2. The predicted molar refractivity (Wildman–Crippen MR) is 210 cm³/mol. The van der Waals surface area contributed by atoms with E-state index in [0.717, 1.165) is 80.1 Å². The minimum Gasteiger partial charge on any atom is -0.337 e. The molecule has 0 radical (unpaired) electrons. The molecule has 61 heavy (non-hydrogen) atoms. The van der Waals surface area contributed by atoms with Crippen molar-refractivity contribution in [1.82, 2.24) is 40.0 Å². The maximum Gasteiger partial charge on any atom is 0.419 e. The number of hydrogen-bond donors (Lipinski definition) is 2. The number of carbonyl (C=O) groups excluding carboxylic acids is 2. The highest BCUT2D eigenvalue weighted by Crippen LogP contribution is 2.42. The Morgan fingerprint density at radius 3 is 1.44 bits per heavy atom. The number of nitrogens with one attached hydrogen (secondary N) is 2. The summed E-state index contributed by atoms with van der Waals surface area (Å²) in [6.07, 6.45) is -5.41. The molecule has 2 amide bonds. The van der Waals surface area contributed by atoms with Crippen LogP contribution in [0.5, 0.6) is 0 Å². The van der Waals surface area contributed by atoms with Crippen LogP contribution in [0.3, 0.4) is 0 Å². The lowest BCUT2D eigenvalue weighted by molar-refractivity contribution is -0.141. The van der Waals surface area contributed by atoms with E-state index in [0.29, 0.717) is 76.3 Å². The summed E-state index contributed by atoms with van der Waals surface area (Å²) in [6.45, 7) is 10.5. The van der Waals surface area contributed by atoms with Crippen LogP contribution in [-0.2, 0) is 38.3 Å². The van der Waals surface area contributed by atoms with Gasteiger partial charge < -0.3 is 9.80 Å². The van der Waals surface area contributed by atoms with Gasteiger partial charge in [-0.15, -0.1) is 0 Å². The van der Waals surface area contributed by atoms with Crippen LogP contribution in [0.2, 0.25) is 0 Å². The number of fused-ring (bicyclic) bond motifs is 2. The van der Waals surface area contributed by atoms with Crippen molar-refractivity contribution < 1.29 is 44.7 Å². The Morgan fingerprint density at radius 1 is 0.639 bits per heavy atom. The average Bonchev–Trinajstić information content (AvgIpc) is 3.86. The monoisotopic (exact) mass is 862 g/mol. The number of halogens is 8. The number of nitrogens with zero attached hydrogens (tertiary/aromatic N) is 6. The first kappa shape index (κ1) is 44.2. The van der Waals surface area contributed by atoms with Crippen LogP contribution in [-0.4, -0.2) is 104 Å². The number of benzene rings is 2. The third-order valence-corrected chi connectivity index (χ3v) is 12.5. The Hall–Kier alpha value is -4.84. The first-order valence-electron chi connectivity index (χ1n) is 21.0. The summed E-state index contributed by atoms with van der Waals surface area (Å²) in [5.41, 5.74) is 2.22. The molecule has 0 unspecified atom stereocenters. The minimum absolute atomic E-state index is 0.0213. The number of carbonyl (C=O) groups is 2. The lowest BCUT2D eigenvalue weighted by atomic mass is 9.86. The summed E-state index contributed by atoms with van der Waals surface area (Å²) >= 11 is 0. The van der Waals surface area contributed by atoms with Gasteiger partial charge in [0, 0.05) is 87.7 Å². The second-order valence-electron chi connectivity index (χ2n) is 16.2. The van der Waals surface area contributed by atoms with Gasteiger partial charge in [0.15, 0.2) is 11.4 Å². The molecular formula is C43H50F8N8O2. The summed E-state index contributed by atoms with van der Waals surface area (Å²) in [5, 5.41) is 14.4. The number of piperidine rings is 2. The molecular weight excluding hydrogens is 813 g/mol. The molecule has 4 aliphatic rings. The summed E-state index contributed by atoms with van der Waals surface area (Å²) in [6, 6.07) is 7.00. The molecule has 2 saturated heterocycles. The van der Waals surface area contributed by atoms with Gasteiger partial charge >= 0.3 is 12.4 Å². The predicted octanol–water partition coefficient (Wildman–Crippen LogP) is 8.32. The number of rotatable bonds is 7. The van der Waals surface area contributed by atoms with Gasteiger partial charge in [-0.25, -0.2) is 8.78 Å². The third-order valence-electron chi connectivity index (χ3n) is 12.5. The van der Waals surface area contributed by atoms with Crippen molar-refractivity contribution in [2.75, 3.05) is 52.4 Å². The number of aromatic nitrogens is 4. The lowest BCUT2D eigenvalue weighted by Gasteiger charge is -2.33. The van der Waals surface area contributed by atoms with Gasteiger partial charge in [-0.2, -0.15) is 36.5 Å². The first-order valence-corrected chi connectivity index (χ1v) is 21.0. The quantitative estimate of drug-likeness (QED) is 0.181. The van der Waals surface area contributed by atoms with E-state index in [-0.39, 0.29) is 22.9 Å². The fourth-order valence-electron chi connectivity index (χ4n) is 9.28. The highest BCUT2D eigenvalue weighted by molar-refractivity contribution is 5.94. The molecule has 6 heterocycles. The van der Waals surface area contributed by atoms with Crippen LogP contribution < -0.4 is 0 Å². The van der Waals surface area contributed by atoms with Crippen molar-refractivity contribution in [3.05, 3.63) is 104 Å². The van der Waals surface area contributed by atoms with Gasteiger partial charge in [0.25, 0.3) is 11.8 Å². The second kappa shape index (κ2) is 18.2. The maximum atomic E-state index is 13.9. The minimum atomic E-state index is -4.74. The average molecular weight is 863 g/mol. The number of H-pyrrole nitrogens is 2. The van der Waals surface area contributed by atoms with E-state index in [2.05, 4.69) is 44.0 Å². The Kier molecular flexibility index (Phi) is 13.2. The van der Waals surface area contributed by atoms with Gasteiger partial charge in [-0.05, 0) is 80.3 Å². The highest BCUT2D eigenvalue weighted by Gasteiger charge is 2.41. The number of aromatic amines is 2. The summed E-state index contributed by atoms with van der Waals surface area (Å²) in [7, 11) is 0. The van der Waals surface area contributed by atoms with Gasteiger partial charge in [0.05, 0.1) is 11.1 Å². The van der Waals surface area contributed by atoms with Crippen LogP contribution >= 0.6 is 0 Å². The Morgan fingerprint density at radius 2 is 1.05 bits per heavy atom. The molecule has 4 aliphatic heterocycles.